The van der Waals surface area contributed by atoms with E-state index in [0.717, 1.165) is 30.6 Å². The van der Waals surface area contributed by atoms with Crippen molar-refractivity contribution in [1.82, 2.24) is 10.2 Å². The first-order chi connectivity index (χ1) is 12.5. The molecule has 140 valence electrons. The number of rotatable bonds is 10. The largest absolute Gasteiger partial charge is 0.462 e. The molecular weight excluding hydrogens is 336 g/mol. The summed E-state index contributed by atoms with van der Waals surface area (Å²) >= 11 is 0. The molecule has 0 saturated heterocycles. The van der Waals surface area contributed by atoms with Crippen LogP contribution in [0.15, 0.2) is 24.3 Å². The van der Waals surface area contributed by atoms with E-state index in [4.69, 9.17) is 4.74 Å². The topological polar surface area (TPSA) is 92.8 Å². The first kappa shape index (κ1) is 19.6. The number of nitrogens with zero attached hydrogens (tertiary/aromatic N) is 1. The Hall–Kier alpha value is -2.70. The first-order valence-electron chi connectivity index (χ1n) is 8.92. The average molecular weight is 360 g/mol. The Morgan fingerprint density at radius 2 is 1.69 bits per heavy atom. The van der Waals surface area contributed by atoms with Crippen molar-refractivity contribution in [1.29, 1.82) is 0 Å². The fraction of sp³-hybridized carbons (Fsp3) is 0.474. The molecule has 0 radical (unpaired) electrons. The zero-order valence-electron chi connectivity index (χ0n) is 15.0. The number of carbonyl (C=O) groups is 4. The molecule has 1 aromatic carbocycles. The summed E-state index contributed by atoms with van der Waals surface area (Å²) in [6.07, 6.45) is 4.56. The van der Waals surface area contributed by atoms with Crippen molar-refractivity contribution in [3.63, 3.8) is 0 Å². The molecule has 1 heterocycles. The van der Waals surface area contributed by atoms with Crippen LogP contribution in [0.4, 0.5) is 0 Å². The highest BCUT2D eigenvalue weighted by atomic mass is 16.5. The fourth-order valence-corrected chi connectivity index (χ4v) is 2.71. The van der Waals surface area contributed by atoms with Crippen molar-refractivity contribution in [2.24, 2.45) is 0 Å². The van der Waals surface area contributed by atoms with Crippen LogP contribution in [0.25, 0.3) is 0 Å². The molecule has 1 aliphatic heterocycles. The van der Waals surface area contributed by atoms with Gasteiger partial charge in [-0.3, -0.25) is 24.1 Å². The summed E-state index contributed by atoms with van der Waals surface area (Å²) in [5, 5.41) is 2.68. The molecule has 7 heteroatoms. The van der Waals surface area contributed by atoms with E-state index < -0.39 is 24.3 Å². The zero-order chi connectivity index (χ0) is 18.9. The lowest BCUT2D eigenvalue weighted by molar-refractivity contribution is -0.144. The highest BCUT2D eigenvalue weighted by Gasteiger charge is 2.36. The number of carbonyl (C=O) groups excluding carboxylic acids is 4. The van der Waals surface area contributed by atoms with Gasteiger partial charge in [0, 0.05) is 6.42 Å². The third-order valence-electron chi connectivity index (χ3n) is 4.11. The predicted octanol–water partition coefficient (Wildman–Crippen LogP) is 1.91. The van der Waals surface area contributed by atoms with Crippen LogP contribution in [0.3, 0.4) is 0 Å². The average Bonchev–Trinajstić information content (AvgIpc) is 2.88. The molecule has 0 atom stereocenters. The smallest absolute Gasteiger partial charge is 0.326 e. The van der Waals surface area contributed by atoms with E-state index in [1.54, 1.807) is 24.3 Å². The lowest BCUT2D eigenvalue weighted by Crippen LogP contribution is -2.36. The van der Waals surface area contributed by atoms with Crippen LogP contribution in [0.5, 0.6) is 0 Å². The van der Waals surface area contributed by atoms with E-state index in [2.05, 4.69) is 12.2 Å². The standard InChI is InChI=1S/C19H24N2O5/c1-2-3-4-5-10-16(22)20-11-12-26-17(23)13-21-18(24)14-8-6-7-9-15(14)19(21)25/h6-9H,2-5,10-13H2,1H3,(H,20,22). The minimum atomic E-state index is -0.684. The van der Waals surface area contributed by atoms with Gasteiger partial charge in [0.05, 0.1) is 17.7 Å². The second kappa shape index (κ2) is 9.70. The van der Waals surface area contributed by atoms with E-state index >= 15 is 0 Å². The molecule has 1 aromatic rings. The molecule has 0 aromatic heterocycles. The van der Waals surface area contributed by atoms with Crippen molar-refractivity contribution in [2.75, 3.05) is 19.7 Å². The Morgan fingerprint density at radius 1 is 1.04 bits per heavy atom. The van der Waals surface area contributed by atoms with Crippen LogP contribution in [0, 0.1) is 0 Å². The van der Waals surface area contributed by atoms with Gasteiger partial charge in [0.15, 0.2) is 0 Å². The number of hydrogen-bond acceptors (Lipinski definition) is 5. The summed E-state index contributed by atoms with van der Waals surface area (Å²) in [6, 6.07) is 6.43. The number of hydrogen-bond donors (Lipinski definition) is 1. The summed E-state index contributed by atoms with van der Waals surface area (Å²) in [7, 11) is 0. The third kappa shape index (κ3) is 5.15. The number of benzene rings is 1. The summed E-state index contributed by atoms with van der Waals surface area (Å²) in [6.45, 7) is 1.89. The van der Waals surface area contributed by atoms with Crippen LogP contribution in [-0.4, -0.2) is 48.3 Å². The van der Waals surface area contributed by atoms with Crippen molar-refractivity contribution in [3.05, 3.63) is 35.4 Å². The number of imide groups is 1. The lowest BCUT2D eigenvalue weighted by Gasteiger charge is -2.13. The Morgan fingerprint density at radius 3 is 2.31 bits per heavy atom. The third-order valence-corrected chi connectivity index (χ3v) is 4.11. The van der Waals surface area contributed by atoms with Crippen LogP contribution >= 0.6 is 0 Å². The van der Waals surface area contributed by atoms with E-state index in [-0.39, 0.29) is 19.1 Å². The number of esters is 1. The van der Waals surface area contributed by atoms with E-state index in [1.165, 1.54) is 0 Å². The molecule has 0 fully saturated rings. The quantitative estimate of drug-likeness (QED) is 0.391. The molecular formula is C19H24N2O5. The predicted molar refractivity (Wildman–Crippen MR) is 94.5 cm³/mol. The molecule has 1 N–H and O–H groups in total. The second-order valence-electron chi connectivity index (χ2n) is 6.12. The maximum absolute atomic E-state index is 12.1. The summed E-state index contributed by atoms with van der Waals surface area (Å²) in [4.78, 5) is 48.6. The maximum atomic E-state index is 12.1. The molecule has 0 saturated carbocycles. The Labute approximate surface area is 152 Å². The molecule has 1 aliphatic rings. The fourth-order valence-electron chi connectivity index (χ4n) is 2.71. The number of amides is 3. The van der Waals surface area contributed by atoms with Crippen LogP contribution < -0.4 is 5.32 Å². The summed E-state index contributed by atoms with van der Waals surface area (Å²) in [5.74, 6) is -1.75. The van der Waals surface area contributed by atoms with Gasteiger partial charge in [-0.15, -0.1) is 0 Å². The molecule has 2 rings (SSSR count). The summed E-state index contributed by atoms with van der Waals surface area (Å²) in [5.41, 5.74) is 0.585. The number of ether oxygens (including phenoxy) is 1. The second-order valence-corrected chi connectivity index (χ2v) is 6.12. The van der Waals surface area contributed by atoms with Gasteiger partial charge < -0.3 is 10.1 Å². The molecule has 7 nitrogen and oxygen atoms in total. The summed E-state index contributed by atoms with van der Waals surface area (Å²) < 4.78 is 4.99. The van der Waals surface area contributed by atoms with Gasteiger partial charge in [-0.2, -0.15) is 0 Å². The van der Waals surface area contributed by atoms with Crippen LogP contribution in [0.1, 0.15) is 59.7 Å². The van der Waals surface area contributed by atoms with Gasteiger partial charge in [0.25, 0.3) is 11.8 Å². The molecule has 0 unspecified atom stereocenters. The van der Waals surface area contributed by atoms with Crippen molar-refractivity contribution < 1.29 is 23.9 Å². The van der Waals surface area contributed by atoms with E-state index in [0.29, 0.717) is 17.5 Å². The molecule has 3 amide bonds. The first-order valence-corrected chi connectivity index (χ1v) is 8.92. The van der Waals surface area contributed by atoms with Crippen molar-refractivity contribution in [3.8, 4) is 0 Å². The minimum Gasteiger partial charge on any atom is -0.462 e. The Bertz CT molecular complexity index is 651. The SMILES string of the molecule is CCCCCCC(=O)NCCOC(=O)CN1C(=O)c2ccccc2C1=O. The van der Waals surface area contributed by atoms with Gasteiger partial charge in [-0.05, 0) is 18.6 Å². The Kier molecular flexibility index (Phi) is 7.32. The van der Waals surface area contributed by atoms with Gasteiger partial charge in [-0.1, -0.05) is 38.3 Å². The number of fused-ring (bicyclic) bond motifs is 1. The van der Waals surface area contributed by atoms with E-state index in [9.17, 15) is 19.2 Å². The highest BCUT2D eigenvalue weighted by Crippen LogP contribution is 2.21. The lowest BCUT2D eigenvalue weighted by atomic mass is 10.1. The van der Waals surface area contributed by atoms with Crippen LogP contribution in [-0.2, 0) is 14.3 Å². The minimum absolute atomic E-state index is 0.00268. The molecule has 0 spiro atoms. The monoisotopic (exact) mass is 360 g/mol. The van der Waals surface area contributed by atoms with Gasteiger partial charge in [0.2, 0.25) is 5.91 Å². The van der Waals surface area contributed by atoms with Gasteiger partial charge in [0.1, 0.15) is 13.2 Å². The van der Waals surface area contributed by atoms with Gasteiger partial charge in [-0.25, -0.2) is 0 Å². The zero-order valence-corrected chi connectivity index (χ0v) is 15.0. The van der Waals surface area contributed by atoms with Crippen molar-refractivity contribution in [2.45, 2.75) is 39.0 Å². The highest BCUT2D eigenvalue weighted by molar-refractivity contribution is 6.22. The van der Waals surface area contributed by atoms with E-state index in [1.807, 2.05) is 0 Å². The maximum Gasteiger partial charge on any atom is 0.326 e. The normalized spacial score (nSPS) is 12.9. The van der Waals surface area contributed by atoms with Crippen molar-refractivity contribution >= 4 is 23.7 Å². The number of unbranched alkanes of at least 4 members (excludes halogenated alkanes) is 3. The molecule has 0 aliphatic carbocycles. The van der Waals surface area contributed by atoms with Gasteiger partial charge >= 0.3 is 5.97 Å². The molecule has 26 heavy (non-hydrogen) atoms. The number of nitrogens with one attached hydrogen (secondary N) is 1. The molecule has 0 bridgehead atoms. The Balaban J connectivity index is 1.66. The van der Waals surface area contributed by atoms with Crippen LogP contribution in [0.2, 0.25) is 0 Å².